The van der Waals surface area contributed by atoms with Gasteiger partial charge in [0.25, 0.3) is 0 Å². The van der Waals surface area contributed by atoms with E-state index >= 15 is 0 Å². The fraction of sp³-hybridized carbons (Fsp3) is 0.643. The molecule has 0 bridgehead atoms. The first-order valence-electron chi connectivity index (χ1n) is 7.22. The van der Waals surface area contributed by atoms with Crippen molar-refractivity contribution >= 4 is 40.8 Å². The third-order valence-corrected chi connectivity index (χ3v) is 4.21. The topological polar surface area (TPSA) is 80.3 Å². The number of anilines is 1. The van der Waals surface area contributed by atoms with Crippen molar-refractivity contribution in [1.82, 2.24) is 10.3 Å². The van der Waals surface area contributed by atoms with E-state index in [1.165, 1.54) is 11.3 Å². The molecule has 0 spiro atoms. The predicted molar refractivity (Wildman–Crippen MR) is 88.5 cm³/mol. The zero-order valence-electron chi connectivity index (χ0n) is 12.8. The Labute approximate surface area is 140 Å². The second-order valence-electron chi connectivity index (χ2n) is 5.19. The van der Waals surface area contributed by atoms with Crippen LogP contribution in [0.4, 0.5) is 5.13 Å². The molecule has 8 heteroatoms. The Bertz CT molecular complexity index is 509. The number of esters is 1. The molecule has 2 heterocycles. The van der Waals surface area contributed by atoms with Crippen LogP contribution >= 0.6 is 23.7 Å². The molecule has 0 aliphatic carbocycles. The van der Waals surface area contributed by atoms with Gasteiger partial charge in [-0.15, -0.1) is 23.7 Å². The minimum atomic E-state index is -0.298. The van der Waals surface area contributed by atoms with Gasteiger partial charge >= 0.3 is 5.97 Å². The van der Waals surface area contributed by atoms with Crippen LogP contribution in [0, 0.1) is 5.92 Å². The van der Waals surface area contributed by atoms with Gasteiger partial charge in [-0.25, -0.2) is 4.98 Å². The predicted octanol–water partition coefficient (Wildman–Crippen LogP) is 2.00. The van der Waals surface area contributed by atoms with Crippen molar-refractivity contribution in [2.24, 2.45) is 5.92 Å². The normalized spacial score (nSPS) is 20.8. The van der Waals surface area contributed by atoms with Crippen LogP contribution < -0.4 is 10.6 Å². The van der Waals surface area contributed by atoms with Gasteiger partial charge in [-0.3, -0.25) is 9.59 Å². The molecular formula is C14H22ClN3O3S. The molecule has 22 heavy (non-hydrogen) atoms. The maximum absolute atomic E-state index is 12.2. The first kappa shape index (κ1) is 18.9. The first-order chi connectivity index (χ1) is 10.1. The van der Waals surface area contributed by atoms with Gasteiger partial charge in [0, 0.05) is 17.3 Å². The number of nitrogens with zero attached hydrogens (tertiary/aromatic N) is 1. The highest BCUT2D eigenvalue weighted by Gasteiger charge is 2.25. The van der Waals surface area contributed by atoms with Crippen molar-refractivity contribution in [3.05, 3.63) is 11.1 Å². The molecule has 124 valence electrons. The minimum absolute atomic E-state index is 0. The van der Waals surface area contributed by atoms with Crippen LogP contribution in [0.25, 0.3) is 0 Å². The number of amides is 1. The molecule has 1 aliphatic heterocycles. The van der Waals surface area contributed by atoms with Gasteiger partial charge in [-0.2, -0.15) is 0 Å². The standard InChI is InChI=1S/C14H21N3O3S.ClH/c1-3-20-12(18)7-11-8-21-14(16-11)17-13(19)10-4-5-15-9(2)6-10;/h8-10,15H,3-7H2,1-2H3,(H,16,17,19);1H/t9-,10-;/m0./s1. The van der Waals surface area contributed by atoms with Crippen LogP contribution in [-0.4, -0.2) is 36.1 Å². The number of ether oxygens (including phenoxy) is 1. The Kier molecular flexibility index (Phi) is 7.78. The summed E-state index contributed by atoms with van der Waals surface area (Å²) in [7, 11) is 0. The Morgan fingerprint density at radius 3 is 3.00 bits per heavy atom. The van der Waals surface area contributed by atoms with E-state index in [0.29, 0.717) is 23.5 Å². The summed E-state index contributed by atoms with van der Waals surface area (Å²) in [5.74, 6) is -0.258. The van der Waals surface area contributed by atoms with Gasteiger partial charge in [-0.05, 0) is 33.2 Å². The van der Waals surface area contributed by atoms with Crippen LogP contribution in [-0.2, 0) is 20.7 Å². The second-order valence-corrected chi connectivity index (χ2v) is 6.05. The number of rotatable bonds is 5. The quantitative estimate of drug-likeness (QED) is 0.796. The largest absolute Gasteiger partial charge is 0.466 e. The maximum Gasteiger partial charge on any atom is 0.311 e. The van der Waals surface area contributed by atoms with E-state index in [9.17, 15) is 9.59 Å². The molecule has 2 rings (SSSR count). The van der Waals surface area contributed by atoms with E-state index in [2.05, 4.69) is 22.5 Å². The summed E-state index contributed by atoms with van der Waals surface area (Å²) < 4.78 is 4.87. The number of carbonyl (C=O) groups is 2. The SMILES string of the molecule is CCOC(=O)Cc1csc(NC(=O)[C@H]2CCN[C@@H](C)C2)n1.Cl. The van der Waals surface area contributed by atoms with Crippen LogP contribution in [0.15, 0.2) is 5.38 Å². The van der Waals surface area contributed by atoms with Gasteiger partial charge in [0.1, 0.15) is 0 Å². The van der Waals surface area contributed by atoms with E-state index in [-0.39, 0.29) is 36.6 Å². The maximum atomic E-state index is 12.2. The van der Waals surface area contributed by atoms with E-state index in [0.717, 1.165) is 19.4 Å². The number of carbonyl (C=O) groups excluding carboxylic acids is 2. The van der Waals surface area contributed by atoms with Crippen molar-refractivity contribution in [2.45, 2.75) is 39.2 Å². The lowest BCUT2D eigenvalue weighted by Gasteiger charge is -2.26. The number of nitrogens with one attached hydrogen (secondary N) is 2. The number of thiazole rings is 1. The molecule has 2 N–H and O–H groups in total. The van der Waals surface area contributed by atoms with E-state index in [4.69, 9.17) is 4.74 Å². The summed E-state index contributed by atoms with van der Waals surface area (Å²) in [6.45, 7) is 5.08. The summed E-state index contributed by atoms with van der Waals surface area (Å²) in [6.07, 6.45) is 1.83. The van der Waals surface area contributed by atoms with Crippen molar-refractivity contribution in [3.8, 4) is 0 Å². The zero-order chi connectivity index (χ0) is 15.2. The van der Waals surface area contributed by atoms with Crippen molar-refractivity contribution < 1.29 is 14.3 Å². The average Bonchev–Trinajstić information content (AvgIpc) is 2.86. The molecule has 0 radical (unpaired) electrons. The van der Waals surface area contributed by atoms with E-state index in [1.54, 1.807) is 12.3 Å². The Hall–Kier alpha value is -1.18. The molecule has 1 saturated heterocycles. The van der Waals surface area contributed by atoms with Crippen molar-refractivity contribution in [3.63, 3.8) is 0 Å². The fourth-order valence-corrected chi connectivity index (χ4v) is 3.10. The first-order valence-corrected chi connectivity index (χ1v) is 8.10. The van der Waals surface area contributed by atoms with Gasteiger partial charge in [0.15, 0.2) is 5.13 Å². The molecule has 2 atom stereocenters. The van der Waals surface area contributed by atoms with Crippen LogP contribution in [0.1, 0.15) is 32.4 Å². The van der Waals surface area contributed by atoms with Crippen LogP contribution in [0.5, 0.6) is 0 Å². The van der Waals surface area contributed by atoms with Crippen molar-refractivity contribution in [2.75, 3.05) is 18.5 Å². The van der Waals surface area contributed by atoms with Gasteiger partial charge in [-0.1, -0.05) is 0 Å². The number of piperidine rings is 1. The molecule has 0 aromatic carbocycles. The molecule has 6 nitrogen and oxygen atoms in total. The lowest BCUT2D eigenvalue weighted by Crippen LogP contribution is -2.40. The average molecular weight is 348 g/mol. The summed E-state index contributed by atoms with van der Waals surface area (Å²) in [5, 5.41) is 8.49. The number of hydrogen-bond donors (Lipinski definition) is 2. The number of halogens is 1. The van der Waals surface area contributed by atoms with Crippen LogP contribution in [0.2, 0.25) is 0 Å². The molecule has 1 aliphatic rings. The summed E-state index contributed by atoms with van der Waals surface area (Å²) in [6, 6.07) is 0.366. The Morgan fingerprint density at radius 1 is 1.55 bits per heavy atom. The number of aromatic nitrogens is 1. The van der Waals surface area contributed by atoms with E-state index < -0.39 is 0 Å². The van der Waals surface area contributed by atoms with Crippen LogP contribution in [0.3, 0.4) is 0 Å². The third-order valence-electron chi connectivity index (χ3n) is 3.41. The number of hydrogen-bond acceptors (Lipinski definition) is 6. The Balaban J connectivity index is 0.00000242. The molecular weight excluding hydrogens is 326 g/mol. The highest BCUT2D eigenvalue weighted by molar-refractivity contribution is 7.13. The smallest absolute Gasteiger partial charge is 0.311 e. The molecule has 1 amide bonds. The minimum Gasteiger partial charge on any atom is -0.466 e. The van der Waals surface area contributed by atoms with Gasteiger partial charge < -0.3 is 15.4 Å². The molecule has 0 saturated carbocycles. The lowest BCUT2D eigenvalue weighted by atomic mass is 9.92. The van der Waals surface area contributed by atoms with Gasteiger partial charge in [0.2, 0.25) is 5.91 Å². The lowest BCUT2D eigenvalue weighted by molar-refractivity contribution is -0.142. The molecule has 0 unspecified atom stereocenters. The highest BCUT2D eigenvalue weighted by Crippen LogP contribution is 2.21. The summed E-state index contributed by atoms with van der Waals surface area (Å²) in [5.41, 5.74) is 0.632. The summed E-state index contributed by atoms with van der Waals surface area (Å²) >= 11 is 1.34. The molecule has 1 aromatic heterocycles. The highest BCUT2D eigenvalue weighted by atomic mass is 35.5. The fourth-order valence-electron chi connectivity index (χ4n) is 2.38. The zero-order valence-corrected chi connectivity index (χ0v) is 14.4. The van der Waals surface area contributed by atoms with Gasteiger partial charge in [0.05, 0.1) is 18.7 Å². The Morgan fingerprint density at radius 2 is 2.32 bits per heavy atom. The second kappa shape index (κ2) is 9.07. The molecule has 1 fully saturated rings. The monoisotopic (exact) mass is 347 g/mol. The molecule has 1 aromatic rings. The van der Waals surface area contributed by atoms with Crippen molar-refractivity contribution in [1.29, 1.82) is 0 Å². The van der Waals surface area contributed by atoms with E-state index in [1.807, 2.05) is 0 Å². The summed E-state index contributed by atoms with van der Waals surface area (Å²) in [4.78, 5) is 27.8. The third kappa shape index (κ3) is 5.55.